The number of nitrogens with zero attached hydrogens (tertiary/aromatic N) is 1. The molecule has 0 N–H and O–H groups in total. The summed E-state index contributed by atoms with van der Waals surface area (Å²) >= 11 is 0. The average molecular weight is 249 g/mol. The first-order valence-corrected chi connectivity index (χ1v) is 5.96. The van der Waals surface area contributed by atoms with Crippen LogP contribution < -0.4 is 0 Å². The van der Waals surface area contributed by atoms with Crippen LogP contribution >= 0.6 is 0 Å². The number of hydrogen-bond donors (Lipinski definition) is 0. The van der Waals surface area contributed by atoms with Crippen LogP contribution in [-0.2, 0) is 16.0 Å². The monoisotopic (exact) mass is 249 g/mol. The van der Waals surface area contributed by atoms with Crippen LogP contribution in [0.25, 0.3) is 0 Å². The van der Waals surface area contributed by atoms with E-state index in [4.69, 9.17) is 4.74 Å². The number of Topliss-reactive ketones (excluding diaryl/α,β-unsaturated/α-hetero) is 1. The molecule has 1 heterocycles. The Morgan fingerprint density at radius 2 is 2.22 bits per heavy atom. The molecule has 0 bridgehead atoms. The van der Waals surface area contributed by atoms with Crippen LogP contribution in [0.1, 0.15) is 18.9 Å². The molecule has 1 saturated heterocycles. The number of nitro groups is 1. The molecule has 1 aliphatic rings. The topological polar surface area (TPSA) is 69.4 Å². The van der Waals surface area contributed by atoms with E-state index in [9.17, 15) is 14.9 Å². The van der Waals surface area contributed by atoms with Gasteiger partial charge in [-0.25, -0.2) is 0 Å². The molecular formula is C13H15NO4. The molecule has 5 heteroatoms. The SMILES string of the molecule is CC1OCCC1C(=O)Cc1ccccc1[N+](=O)[O-]. The Kier molecular flexibility index (Phi) is 3.72. The maximum Gasteiger partial charge on any atom is 0.273 e. The van der Waals surface area contributed by atoms with Crippen LogP contribution in [0.15, 0.2) is 24.3 Å². The molecule has 0 aliphatic carbocycles. The van der Waals surface area contributed by atoms with Gasteiger partial charge >= 0.3 is 0 Å². The van der Waals surface area contributed by atoms with Gasteiger partial charge in [-0.3, -0.25) is 14.9 Å². The smallest absolute Gasteiger partial charge is 0.273 e. The third-order valence-corrected chi connectivity index (χ3v) is 3.34. The van der Waals surface area contributed by atoms with Gasteiger partial charge in [-0.2, -0.15) is 0 Å². The maximum atomic E-state index is 12.1. The highest BCUT2D eigenvalue weighted by Crippen LogP contribution is 2.25. The molecule has 0 saturated carbocycles. The largest absolute Gasteiger partial charge is 0.378 e. The predicted molar refractivity (Wildman–Crippen MR) is 65.3 cm³/mol. The van der Waals surface area contributed by atoms with Crippen LogP contribution in [0.4, 0.5) is 5.69 Å². The quantitative estimate of drug-likeness (QED) is 0.605. The van der Waals surface area contributed by atoms with Crippen molar-refractivity contribution in [2.24, 2.45) is 5.92 Å². The minimum Gasteiger partial charge on any atom is -0.378 e. The van der Waals surface area contributed by atoms with Gasteiger partial charge in [-0.05, 0) is 13.3 Å². The molecule has 0 radical (unpaired) electrons. The van der Waals surface area contributed by atoms with Gasteiger partial charge in [0.15, 0.2) is 0 Å². The van der Waals surface area contributed by atoms with Crippen molar-refractivity contribution < 1.29 is 14.5 Å². The number of ketones is 1. The van der Waals surface area contributed by atoms with E-state index in [-0.39, 0.29) is 29.9 Å². The van der Waals surface area contributed by atoms with E-state index in [2.05, 4.69) is 0 Å². The first-order valence-electron chi connectivity index (χ1n) is 5.96. The van der Waals surface area contributed by atoms with Crippen LogP contribution in [0.2, 0.25) is 0 Å². The normalized spacial score (nSPS) is 22.9. The van der Waals surface area contributed by atoms with E-state index in [0.29, 0.717) is 18.6 Å². The summed E-state index contributed by atoms with van der Waals surface area (Å²) in [6.07, 6.45) is 0.733. The highest BCUT2D eigenvalue weighted by Gasteiger charge is 2.31. The summed E-state index contributed by atoms with van der Waals surface area (Å²) in [7, 11) is 0. The van der Waals surface area contributed by atoms with Gasteiger partial charge in [0.25, 0.3) is 5.69 Å². The zero-order valence-corrected chi connectivity index (χ0v) is 10.2. The van der Waals surface area contributed by atoms with Crippen molar-refractivity contribution in [3.05, 3.63) is 39.9 Å². The second-order valence-electron chi connectivity index (χ2n) is 4.50. The summed E-state index contributed by atoms with van der Waals surface area (Å²) in [6, 6.07) is 6.38. The van der Waals surface area contributed by atoms with E-state index >= 15 is 0 Å². The summed E-state index contributed by atoms with van der Waals surface area (Å²) in [5.41, 5.74) is 0.490. The highest BCUT2D eigenvalue weighted by molar-refractivity contribution is 5.84. The lowest BCUT2D eigenvalue weighted by Crippen LogP contribution is -2.23. The Morgan fingerprint density at radius 1 is 1.50 bits per heavy atom. The van der Waals surface area contributed by atoms with E-state index < -0.39 is 4.92 Å². The van der Waals surface area contributed by atoms with Crippen molar-refractivity contribution in [3.63, 3.8) is 0 Å². The lowest BCUT2D eigenvalue weighted by Gasteiger charge is -2.12. The zero-order chi connectivity index (χ0) is 13.1. The minimum absolute atomic E-state index is 0.0115. The first kappa shape index (κ1) is 12.7. The molecule has 1 aliphatic heterocycles. The second-order valence-corrected chi connectivity index (χ2v) is 4.50. The zero-order valence-electron chi connectivity index (χ0n) is 10.2. The molecule has 0 spiro atoms. The van der Waals surface area contributed by atoms with Gasteiger partial charge < -0.3 is 4.74 Å². The fourth-order valence-corrected chi connectivity index (χ4v) is 2.31. The van der Waals surface area contributed by atoms with E-state index in [1.165, 1.54) is 6.07 Å². The maximum absolute atomic E-state index is 12.1. The first-order chi connectivity index (χ1) is 8.59. The number of carbonyl (C=O) groups is 1. The van der Waals surface area contributed by atoms with Gasteiger partial charge in [-0.15, -0.1) is 0 Å². The lowest BCUT2D eigenvalue weighted by atomic mass is 9.92. The Labute approximate surface area is 105 Å². The summed E-state index contributed by atoms with van der Waals surface area (Å²) in [5.74, 6) is -0.112. The summed E-state index contributed by atoms with van der Waals surface area (Å²) in [5, 5.41) is 10.9. The van der Waals surface area contributed by atoms with Crippen LogP contribution in [0.5, 0.6) is 0 Å². The number of benzene rings is 1. The van der Waals surface area contributed by atoms with E-state index in [1.807, 2.05) is 6.92 Å². The third-order valence-electron chi connectivity index (χ3n) is 3.34. The molecule has 1 aromatic rings. The second kappa shape index (κ2) is 5.27. The summed E-state index contributed by atoms with van der Waals surface area (Å²) in [4.78, 5) is 22.5. The molecule has 18 heavy (non-hydrogen) atoms. The molecule has 96 valence electrons. The van der Waals surface area contributed by atoms with Crippen molar-refractivity contribution in [1.29, 1.82) is 0 Å². The molecule has 2 unspecified atom stereocenters. The van der Waals surface area contributed by atoms with Crippen molar-refractivity contribution >= 4 is 11.5 Å². The standard InChI is InChI=1S/C13H15NO4/c1-9-11(6-7-18-9)13(15)8-10-4-2-3-5-12(10)14(16)17/h2-5,9,11H,6-8H2,1H3. The fourth-order valence-electron chi connectivity index (χ4n) is 2.31. The molecule has 1 aromatic carbocycles. The Balaban J connectivity index is 2.14. The van der Waals surface area contributed by atoms with Crippen LogP contribution in [0.3, 0.4) is 0 Å². The number of nitro benzene ring substituents is 1. The van der Waals surface area contributed by atoms with Gasteiger partial charge in [0, 0.05) is 30.6 Å². The Bertz CT molecular complexity index is 472. The third kappa shape index (κ3) is 2.56. The van der Waals surface area contributed by atoms with Gasteiger partial charge in [0.1, 0.15) is 5.78 Å². The van der Waals surface area contributed by atoms with E-state index in [0.717, 1.165) is 0 Å². The molecule has 1 fully saturated rings. The Hall–Kier alpha value is -1.75. The van der Waals surface area contributed by atoms with Gasteiger partial charge in [-0.1, -0.05) is 18.2 Å². The fraction of sp³-hybridized carbons (Fsp3) is 0.462. The molecule has 2 atom stereocenters. The molecule has 0 aromatic heterocycles. The van der Waals surface area contributed by atoms with Crippen LogP contribution in [-0.4, -0.2) is 23.4 Å². The minimum atomic E-state index is -0.447. The van der Waals surface area contributed by atoms with E-state index in [1.54, 1.807) is 18.2 Å². The summed E-state index contributed by atoms with van der Waals surface area (Å²) < 4.78 is 5.35. The average Bonchev–Trinajstić information content (AvgIpc) is 2.76. The number of carbonyl (C=O) groups excluding carboxylic acids is 1. The van der Waals surface area contributed by atoms with Crippen molar-refractivity contribution in [2.75, 3.05) is 6.61 Å². The lowest BCUT2D eigenvalue weighted by molar-refractivity contribution is -0.385. The number of para-hydroxylation sites is 1. The number of rotatable bonds is 4. The molecular weight excluding hydrogens is 234 g/mol. The molecule has 2 rings (SSSR count). The van der Waals surface area contributed by atoms with Crippen LogP contribution in [0, 0.1) is 16.0 Å². The van der Waals surface area contributed by atoms with Crippen molar-refractivity contribution in [3.8, 4) is 0 Å². The van der Waals surface area contributed by atoms with Gasteiger partial charge in [0.05, 0.1) is 11.0 Å². The van der Waals surface area contributed by atoms with Crippen molar-refractivity contribution in [1.82, 2.24) is 0 Å². The highest BCUT2D eigenvalue weighted by atomic mass is 16.6. The van der Waals surface area contributed by atoms with Gasteiger partial charge in [0.2, 0.25) is 0 Å². The predicted octanol–water partition coefficient (Wildman–Crippen LogP) is 2.13. The summed E-state index contributed by atoms with van der Waals surface area (Å²) in [6.45, 7) is 2.46. The van der Waals surface area contributed by atoms with Crippen molar-refractivity contribution in [2.45, 2.75) is 25.9 Å². The Morgan fingerprint density at radius 3 is 2.83 bits per heavy atom. The number of ether oxygens (including phenoxy) is 1. The number of hydrogen-bond acceptors (Lipinski definition) is 4. The molecule has 5 nitrogen and oxygen atoms in total. The molecule has 0 amide bonds.